The number of nitrogens with one attached hydrogen (secondary N) is 1. The number of likely N-dealkylation sites (N-methyl/N-ethyl adjacent to an activating group) is 1. The number of rotatable bonds is 8. The lowest BCUT2D eigenvalue weighted by atomic mass is 10.1. The molecular formula is C17H24N2O7S. The van der Waals surface area contributed by atoms with Crippen LogP contribution in [0.3, 0.4) is 0 Å². The van der Waals surface area contributed by atoms with E-state index in [0.29, 0.717) is 16.9 Å². The zero-order valence-electron chi connectivity index (χ0n) is 16.0. The SMILES string of the molecule is CCOC(=O)C(=O)NCC(=O)CN(C)S(=O)(=O)c1c(C)cc(OC)cc1C. The Balaban J connectivity index is 2.84. The molecular weight excluding hydrogens is 376 g/mol. The maximum Gasteiger partial charge on any atom is 0.396 e. The van der Waals surface area contributed by atoms with Crippen LogP contribution in [0.15, 0.2) is 17.0 Å². The van der Waals surface area contributed by atoms with Gasteiger partial charge in [0.15, 0.2) is 5.78 Å². The second kappa shape index (κ2) is 9.47. The Morgan fingerprint density at radius 1 is 1.15 bits per heavy atom. The molecule has 1 amide bonds. The molecule has 0 aliphatic rings. The molecule has 0 aromatic heterocycles. The second-order valence-corrected chi connectivity index (χ2v) is 7.77. The number of carbonyl (C=O) groups excluding carboxylic acids is 3. The van der Waals surface area contributed by atoms with Gasteiger partial charge >= 0.3 is 11.9 Å². The van der Waals surface area contributed by atoms with E-state index in [1.165, 1.54) is 14.2 Å². The first kappa shape index (κ1) is 22.6. The Kier molecular flexibility index (Phi) is 7.92. The first-order valence-corrected chi connectivity index (χ1v) is 9.56. The van der Waals surface area contributed by atoms with Crippen LogP contribution in [0, 0.1) is 13.8 Å². The molecule has 0 unspecified atom stereocenters. The standard InChI is InChI=1S/C17H24N2O7S/c1-6-26-17(22)16(21)18-9-13(20)10-19(4)27(23,24)15-11(2)7-14(25-5)8-12(15)3/h7-8H,6,9-10H2,1-5H3,(H,18,21). The zero-order valence-corrected chi connectivity index (χ0v) is 16.8. The van der Waals surface area contributed by atoms with Crippen molar-refractivity contribution < 1.29 is 32.3 Å². The predicted molar refractivity (Wildman–Crippen MR) is 96.9 cm³/mol. The molecule has 1 aromatic rings. The van der Waals surface area contributed by atoms with Gasteiger partial charge in [0.1, 0.15) is 5.75 Å². The van der Waals surface area contributed by atoms with Crippen LogP contribution < -0.4 is 10.1 Å². The van der Waals surface area contributed by atoms with Crippen molar-refractivity contribution in [1.82, 2.24) is 9.62 Å². The largest absolute Gasteiger partial charge is 0.497 e. The first-order valence-electron chi connectivity index (χ1n) is 8.12. The van der Waals surface area contributed by atoms with Gasteiger partial charge in [-0.15, -0.1) is 0 Å². The minimum atomic E-state index is -3.93. The molecule has 0 fully saturated rings. The van der Waals surface area contributed by atoms with Gasteiger partial charge in [0.25, 0.3) is 0 Å². The molecule has 27 heavy (non-hydrogen) atoms. The van der Waals surface area contributed by atoms with Gasteiger partial charge in [-0.05, 0) is 44.0 Å². The number of ether oxygens (including phenoxy) is 2. The van der Waals surface area contributed by atoms with Gasteiger partial charge in [0.2, 0.25) is 10.0 Å². The summed E-state index contributed by atoms with van der Waals surface area (Å²) in [5.41, 5.74) is 0.975. The molecule has 0 saturated heterocycles. The first-order chi connectivity index (χ1) is 12.5. The Labute approximate surface area is 158 Å². The average molecular weight is 400 g/mol. The number of ketones is 1. The maximum atomic E-state index is 12.8. The highest BCUT2D eigenvalue weighted by molar-refractivity contribution is 7.89. The summed E-state index contributed by atoms with van der Waals surface area (Å²) in [6.45, 7) is 3.89. The minimum absolute atomic E-state index is 0.0295. The van der Waals surface area contributed by atoms with Crippen LogP contribution in [-0.4, -0.2) is 64.2 Å². The number of benzene rings is 1. The Bertz CT molecular complexity index is 811. The van der Waals surface area contributed by atoms with Crippen molar-refractivity contribution in [3.05, 3.63) is 23.3 Å². The topological polar surface area (TPSA) is 119 Å². The van der Waals surface area contributed by atoms with E-state index in [9.17, 15) is 22.8 Å². The highest BCUT2D eigenvalue weighted by Crippen LogP contribution is 2.27. The predicted octanol–water partition coefficient (Wildman–Crippen LogP) is 0.181. The molecule has 0 heterocycles. The van der Waals surface area contributed by atoms with Crippen LogP contribution in [0.5, 0.6) is 5.75 Å². The number of aryl methyl sites for hydroxylation is 2. The van der Waals surface area contributed by atoms with E-state index < -0.39 is 40.8 Å². The summed E-state index contributed by atoms with van der Waals surface area (Å²) < 4.78 is 36.1. The van der Waals surface area contributed by atoms with E-state index in [0.717, 1.165) is 4.31 Å². The van der Waals surface area contributed by atoms with E-state index in [-0.39, 0.29) is 11.5 Å². The molecule has 1 N–H and O–H groups in total. The smallest absolute Gasteiger partial charge is 0.396 e. The van der Waals surface area contributed by atoms with Crippen molar-refractivity contribution in [3.63, 3.8) is 0 Å². The van der Waals surface area contributed by atoms with E-state index in [1.54, 1.807) is 32.9 Å². The molecule has 0 bridgehead atoms. The number of methoxy groups -OCH3 is 1. The van der Waals surface area contributed by atoms with Gasteiger partial charge in [0, 0.05) is 7.05 Å². The molecule has 0 aliphatic carbocycles. The van der Waals surface area contributed by atoms with E-state index in [4.69, 9.17) is 4.74 Å². The fourth-order valence-electron chi connectivity index (χ4n) is 2.43. The lowest BCUT2D eigenvalue weighted by Crippen LogP contribution is -2.40. The highest BCUT2D eigenvalue weighted by atomic mass is 32.2. The molecule has 0 saturated carbocycles. The summed E-state index contributed by atoms with van der Waals surface area (Å²) in [6, 6.07) is 3.18. The van der Waals surface area contributed by atoms with Crippen molar-refractivity contribution in [2.45, 2.75) is 25.7 Å². The Hall–Kier alpha value is -2.46. The van der Waals surface area contributed by atoms with Gasteiger partial charge in [0.05, 0.1) is 31.7 Å². The molecule has 0 radical (unpaired) electrons. The number of carbonyl (C=O) groups is 3. The molecule has 10 heteroatoms. The summed E-state index contributed by atoms with van der Waals surface area (Å²) in [5, 5.41) is 2.10. The van der Waals surface area contributed by atoms with Crippen LogP contribution in [-0.2, 0) is 29.1 Å². The molecule has 0 atom stereocenters. The lowest BCUT2D eigenvalue weighted by molar-refractivity contribution is -0.154. The maximum absolute atomic E-state index is 12.8. The summed E-state index contributed by atoms with van der Waals surface area (Å²) in [6.07, 6.45) is 0. The van der Waals surface area contributed by atoms with Crippen molar-refractivity contribution in [2.75, 3.05) is 33.9 Å². The zero-order chi connectivity index (χ0) is 20.8. The summed E-state index contributed by atoms with van der Waals surface area (Å²) >= 11 is 0. The van der Waals surface area contributed by atoms with Crippen LogP contribution in [0.4, 0.5) is 0 Å². The highest BCUT2D eigenvalue weighted by Gasteiger charge is 2.27. The molecule has 0 aliphatic heterocycles. The fourth-order valence-corrected chi connectivity index (χ4v) is 3.99. The van der Waals surface area contributed by atoms with Crippen LogP contribution in [0.2, 0.25) is 0 Å². The normalized spacial score (nSPS) is 11.2. The summed E-state index contributed by atoms with van der Waals surface area (Å²) in [5.74, 6) is -2.21. The fraction of sp³-hybridized carbons (Fsp3) is 0.471. The quantitative estimate of drug-likeness (QED) is 0.488. The number of Topliss-reactive ketones (excluding diaryl/α,β-unsaturated/α-hetero) is 1. The number of nitrogens with zero attached hydrogens (tertiary/aromatic N) is 1. The molecule has 1 rings (SSSR count). The average Bonchev–Trinajstić information content (AvgIpc) is 2.58. The Morgan fingerprint density at radius 2 is 1.70 bits per heavy atom. The third-order valence-electron chi connectivity index (χ3n) is 3.64. The van der Waals surface area contributed by atoms with Gasteiger partial charge in [-0.2, -0.15) is 4.31 Å². The molecule has 1 aromatic carbocycles. The summed E-state index contributed by atoms with van der Waals surface area (Å²) in [7, 11) is -1.18. The number of hydrogen-bond acceptors (Lipinski definition) is 7. The number of esters is 1. The van der Waals surface area contributed by atoms with Gasteiger partial charge < -0.3 is 14.8 Å². The van der Waals surface area contributed by atoms with Crippen molar-refractivity contribution >= 4 is 27.7 Å². The number of amides is 1. The third kappa shape index (κ3) is 5.76. The van der Waals surface area contributed by atoms with Gasteiger partial charge in [-0.1, -0.05) is 0 Å². The molecule has 150 valence electrons. The minimum Gasteiger partial charge on any atom is -0.497 e. The number of sulfonamides is 1. The van der Waals surface area contributed by atoms with Crippen molar-refractivity contribution in [3.8, 4) is 5.75 Å². The van der Waals surface area contributed by atoms with Crippen LogP contribution >= 0.6 is 0 Å². The van der Waals surface area contributed by atoms with Gasteiger partial charge in [-0.3, -0.25) is 9.59 Å². The summed E-state index contributed by atoms with van der Waals surface area (Å²) in [4.78, 5) is 34.7. The molecule has 0 spiro atoms. The van der Waals surface area contributed by atoms with Crippen LogP contribution in [0.25, 0.3) is 0 Å². The van der Waals surface area contributed by atoms with E-state index >= 15 is 0 Å². The second-order valence-electron chi connectivity index (χ2n) is 5.79. The van der Waals surface area contributed by atoms with Crippen molar-refractivity contribution in [1.29, 1.82) is 0 Å². The number of hydrogen-bond donors (Lipinski definition) is 1. The van der Waals surface area contributed by atoms with Crippen molar-refractivity contribution in [2.24, 2.45) is 0 Å². The van der Waals surface area contributed by atoms with Crippen LogP contribution in [0.1, 0.15) is 18.1 Å². The van der Waals surface area contributed by atoms with Gasteiger partial charge in [-0.25, -0.2) is 13.2 Å². The van der Waals surface area contributed by atoms with E-state index in [1.807, 2.05) is 0 Å². The lowest BCUT2D eigenvalue weighted by Gasteiger charge is -2.20. The van der Waals surface area contributed by atoms with E-state index in [2.05, 4.69) is 10.1 Å². The monoisotopic (exact) mass is 400 g/mol. The Morgan fingerprint density at radius 3 is 2.19 bits per heavy atom. The third-order valence-corrected chi connectivity index (χ3v) is 5.75. The molecule has 9 nitrogen and oxygen atoms in total.